The van der Waals surface area contributed by atoms with Crippen LogP contribution in [-0.4, -0.2) is 10.2 Å². The molecule has 2 aromatic rings. The van der Waals surface area contributed by atoms with Crippen LogP contribution in [0.3, 0.4) is 0 Å². The van der Waals surface area contributed by atoms with Crippen LogP contribution in [0.1, 0.15) is 12.5 Å². The quantitative estimate of drug-likeness (QED) is 0.722. The van der Waals surface area contributed by atoms with E-state index >= 15 is 0 Å². The normalized spacial score (nSPS) is 10.6. The summed E-state index contributed by atoms with van der Waals surface area (Å²) in [5, 5.41) is 21.2. The van der Waals surface area contributed by atoms with Crippen molar-refractivity contribution in [1.29, 1.82) is 0 Å². The van der Waals surface area contributed by atoms with Gasteiger partial charge in [-0.05, 0) is 17.9 Å². The lowest BCUT2D eigenvalue weighted by molar-refractivity contribution is 0.444. The van der Waals surface area contributed by atoms with Crippen LogP contribution in [0.25, 0.3) is 10.8 Å². The Hall–Kier alpha value is -1.70. The number of phenols is 2. The number of rotatable bonds is 1. The molecule has 0 radical (unpaired) electrons. The number of benzene rings is 2. The van der Waals surface area contributed by atoms with Gasteiger partial charge in [0.1, 0.15) is 11.5 Å². The van der Waals surface area contributed by atoms with E-state index in [0.29, 0.717) is 12.0 Å². The Kier molecular flexibility index (Phi) is 2.04. The Morgan fingerprint density at radius 1 is 1.14 bits per heavy atom. The minimum absolute atomic E-state index is 0.170. The summed E-state index contributed by atoms with van der Waals surface area (Å²) >= 11 is 0. The lowest BCUT2D eigenvalue weighted by Gasteiger charge is -2.08. The van der Waals surface area contributed by atoms with Gasteiger partial charge >= 0.3 is 0 Å². The highest BCUT2D eigenvalue weighted by molar-refractivity contribution is 5.91. The summed E-state index contributed by atoms with van der Waals surface area (Å²) in [6.07, 6.45) is 0.627. The lowest BCUT2D eigenvalue weighted by atomic mass is 10.0. The average Bonchev–Trinajstić information content (AvgIpc) is 2.18. The first-order valence-corrected chi connectivity index (χ1v) is 4.66. The van der Waals surface area contributed by atoms with E-state index in [9.17, 15) is 10.2 Å². The molecule has 0 unspecified atom stereocenters. The Morgan fingerprint density at radius 2 is 1.86 bits per heavy atom. The smallest absolute Gasteiger partial charge is 0.130 e. The Balaban J connectivity index is 2.86. The molecule has 2 aromatic carbocycles. The summed E-state index contributed by atoms with van der Waals surface area (Å²) in [4.78, 5) is 0. The third-order valence-corrected chi connectivity index (χ3v) is 2.46. The SMILES string of the molecule is CCc1c(O)cc2ccccc2c1O. The van der Waals surface area contributed by atoms with Gasteiger partial charge in [-0.3, -0.25) is 0 Å². The van der Waals surface area contributed by atoms with Gasteiger partial charge in [0.25, 0.3) is 0 Å². The van der Waals surface area contributed by atoms with E-state index in [1.54, 1.807) is 6.07 Å². The van der Waals surface area contributed by atoms with Crippen LogP contribution in [-0.2, 0) is 6.42 Å². The van der Waals surface area contributed by atoms with Crippen molar-refractivity contribution < 1.29 is 10.2 Å². The van der Waals surface area contributed by atoms with E-state index in [2.05, 4.69) is 0 Å². The predicted molar refractivity (Wildman–Crippen MR) is 56.7 cm³/mol. The van der Waals surface area contributed by atoms with Crippen LogP contribution >= 0.6 is 0 Å². The molecule has 0 bridgehead atoms. The first kappa shape index (κ1) is 8.88. The molecule has 72 valence electrons. The van der Waals surface area contributed by atoms with Crippen LogP contribution in [0.5, 0.6) is 11.5 Å². The number of phenolic OH excluding ortho intramolecular Hbond substituents is 2. The zero-order valence-corrected chi connectivity index (χ0v) is 7.99. The standard InChI is InChI=1S/C12H12O2/c1-2-9-11(13)7-8-5-3-4-6-10(8)12(9)14/h3-7,13-14H,2H2,1H3. The van der Waals surface area contributed by atoms with Crippen molar-refractivity contribution in [2.75, 3.05) is 0 Å². The molecule has 0 saturated heterocycles. The second-order valence-corrected chi connectivity index (χ2v) is 3.30. The summed E-state index contributed by atoms with van der Waals surface area (Å²) in [6, 6.07) is 9.16. The van der Waals surface area contributed by atoms with E-state index in [-0.39, 0.29) is 11.5 Å². The third-order valence-electron chi connectivity index (χ3n) is 2.46. The van der Waals surface area contributed by atoms with Crippen LogP contribution in [0.15, 0.2) is 30.3 Å². The summed E-state index contributed by atoms with van der Waals surface area (Å²) < 4.78 is 0. The molecule has 2 heteroatoms. The second-order valence-electron chi connectivity index (χ2n) is 3.30. The van der Waals surface area contributed by atoms with Crippen molar-refractivity contribution in [3.63, 3.8) is 0 Å². The van der Waals surface area contributed by atoms with E-state index < -0.39 is 0 Å². The predicted octanol–water partition coefficient (Wildman–Crippen LogP) is 2.81. The molecule has 0 atom stereocenters. The Morgan fingerprint density at radius 3 is 2.57 bits per heavy atom. The highest BCUT2D eigenvalue weighted by Gasteiger charge is 2.09. The monoisotopic (exact) mass is 188 g/mol. The third kappa shape index (κ3) is 1.20. The Labute approximate surface area is 82.4 Å². The topological polar surface area (TPSA) is 40.5 Å². The van der Waals surface area contributed by atoms with Crippen molar-refractivity contribution in [3.8, 4) is 11.5 Å². The molecule has 0 amide bonds. The molecule has 0 aliphatic carbocycles. The van der Waals surface area contributed by atoms with Crippen molar-refractivity contribution in [2.45, 2.75) is 13.3 Å². The summed E-state index contributed by atoms with van der Waals surface area (Å²) in [5.74, 6) is 0.367. The van der Waals surface area contributed by atoms with Gasteiger partial charge in [0.05, 0.1) is 0 Å². The summed E-state index contributed by atoms with van der Waals surface area (Å²) in [7, 11) is 0. The van der Waals surface area contributed by atoms with E-state index in [4.69, 9.17) is 0 Å². The van der Waals surface area contributed by atoms with E-state index in [0.717, 1.165) is 10.8 Å². The number of fused-ring (bicyclic) bond motifs is 1. The van der Waals surface area contributed by atoms with Gasteiger partial charge in [-0.25, -0.2) is 0 Å². The zero-order valence-electron chi connectivity index (χ0n) is 7.99. The molecule has 0 spiro atoms. The van der Waals surface area contributed by atoms with Crippen LogP contribution in [0.4, 0.5) is 0 Å². The molecular formula is C12H12O2. The van der Waals surface area contributed by atoms with Crippen molar-refractivity contribution in [1.82, 2.24) is 0 Å². The Bertz CT molecular complexity index is 475. The number of aromatic hydroxyl groups is 2. The fourth-order valence-corrected chi connectivity index (χ4v) is 1.71. The number of hydrogen-bond donors (Lipinski definition) is 2. The molecule has 0 saturated carbocycles. The van der Waals surface area contributed by atoms with E-state index in [1.165, 1.54) is 0 Å². The fraction of sp³-hybridized carbons (Fsp3) is 0.167. The van der Waals surface area contributed by atoms with Crippen LogP contribution < -0.4 is 0 Å². The minimum atomic E-state index is 0.170. The van der Waals surface area contributed by atoms with Crippen molar-refractivity contribution >= 4 is 10.8 Å². The highest BCUT2D eigenvalue weighted by Crippen LogP contribution is 2.35. The second kappa shape index (κ2) is 3.22. The number of hydrogen-bond acceptors (Lipinski definition) is 2. The zero-order chi connectivity index (χ0) is 10.1. The van der Waals surface area contributed by atoms with Gasteiger partial charge in [-0.1, -0.05) is 31.2 Å². The molecule has 2 rings (SSSR count). The molecule has 0 fully saturated rings. The lowest BCUT2D eigenvalue weighted by Crippen LogP contribution is -1.85. The van der Waals surface area contributed by atoms with Crippen LogP contribution in [0, 0.1) is 0 Å². The van der Waals surface area contributed by atoms with E-state index in [1.807, 2.05) is 31.2 Å². The average molecular weight is 188 g/mol. The molecule has 14 heavy (non-hydrogen) atoms. The highest BCUT2D eigenvalue weighted by atomic mass is 16.3. The minimum Gasteiger partial charge on any atom is -0.508 e. The van der Waals surface area contributed by atoms with Crippen molar-refractivity contribution in [3.05, 3.63) is 35.9 Å². The van der Waals surface area contributed by atoms with Gasteiger partial charge in [0.2, 0.25) is 0 Å². The van der Waals surface area contributed by atoms with Crippen LogP contribution in [0.2, 0.25) is 0 Å². The molecule has 2 nitrogen and oxygen atoms in total. The molecule has 0 aliphatic rings. The molecule has 0 heterocycles. The maximum atomic E-state index is 9.87. The van der Waals surface area contributed by atoms with Gasteiger partial charge < -0.3 is 10.2 Å². The van der Waals surface area contributed by atoms with Gasteiger partial charge in [-0.15, -0.1) is 0 Å². The van der Waals surface area contributed by atoms with Gasteiger partial charge in [0.15, 0.2) is 0 Å². The summed E-state index contributed by atoms with van der Waals surface area (Å²) in [5.41, 5.74) is 0.615. The summed E-state index contributed by atoms with van der Waals surface area (Å²) in [6.45, 7) is 1.91. The fourth-order valence-electron chi connectivity index (χ4n) is 1.71. The molecule has 0 aromatic heterocycles. The first-order chi connectivity index (χ1) is 6.74. The maximum absolute atomic E-state index is 9.87. The molecule has 0 aliphatic heterocycles. The van der Waals surface area contributed by atoms with Crippen molar-refractivity contribution in [2.24, 2.45) is 0 Å². The first-order valence-electron chi connectivity index (χ1n) is 4.66. The maximum Gasteiger partial charge on any atom is 0.130 e. The molecular weight excluding hydrogens is 176 g/mol. The van der Waals surface area contributed by atoms with Gasteiger partial charge in [-0.2, -0.15) is 0 Å². The van der Waals surface area contributed by atoms with Gasteiger partial charge in [0, 0.05) is 10.9 Å². The largest absolute Gasteiger partial charge is 0.508 e. The molecule has 2 N–H and O–H groups in total.